The van der Waals surface area contributed by atoms with Crippen LogP contribution in [0.2, 0.25) is 0 Å². The minimum Gasteiger partial charge on any atom is -0.338 e. The number of pyridine rings is 1. The number of benzene rings is 1. The Hall–Kier alpha value is -2.83. The molecule has 1 aliphatic heterocycles. The molecule has 0 unspecified atom stereocenters. The van der Waals surface area contributed by atoms with Crippen molar-refractivity contribution in [1.29, 1.82) is 0 Å². The summed E-state index contributed by atoms with van der Waals surface area (Å²) < 4.78 is 0. The number of carbonyl (C=O) groups is 2. The minimum absolute atomic E-state index is 0.117. The van der Waals surface area contributed by atoms with Gasteiger partial charge in [-0.15, -0.1) is 0 Å². The van der Waals surface area contributed by atoms with Crippen LogP contribution in [0, 0.1) is 0 Å². The number of aromatic nitrogens is 1. The van der Waals surface area contributed by atoms with E-state index in [0.29, 0.717) is 38.2 Å². The van der Waals surface area contributed by atoms with Crippen molar-refractivity contribution in [3.8, 4) is 0 Å². The number of hydrogen-bond acceptors (Lipinski definition) is 3. The van der Waals surface area contributed by atoms with Gasteiger partial charge in [-0.1, -0.05) is 18.2 Å². The third-order valence-electron chi connectivity index (χ3n) is 4.17. The third kappa shape index (κ3) is 3.10. The number of rotatable bonds is 2. The Morgan fingerprint density at radius 3 is 2.50 bits per heavy atom. The predicted molar refractivity (Wildman–Crippen MR) is 91.1 cm³/mol. The first-order chi connectivity index (χ1) is 11.6. The summed E-state index contributed by atoms with van der Waals surface area (Å²) in [5, 5.41) is 3.57. The van der Waals surface area contributed by atoms with Crippen molar-refractivity contribution in [2.45, 2.75) is 6.92 Å². The molecule has 0 spiro atoms. The monoisotopic (exact) mass is 328 g/mol. The van der Waals surface area contributed by atoms with E-state index in [-0.39, 0.29) is 23.1 Å². The van der Waals surface area contributed by atoms with Crippen molar-refractivity contribution in [2.24, 2.45) is 0 Å². The van der Waals surface area contributed by atoms with Crippen LogP contribution in [0.25, 0.3) is 10.9 Å². The summed E-state index contributed by atoms with van der Waals surface area (Å²) in [6.45, 7) is 4.20. The second-order valence-electron chi connectivity index (χ2n) is 5.71. The Labute approximate surface area is 139 Å². The van der Waals surface area contributed by atoms with Gasteiger partial charge in [0.25, 0.3) is 11.5 Å². The predicted octanol–water partition coefficient (Wildman–Crippen LogP) is 1.02. The molecule has 0 aliphatic carbocycles. The smallest absolute Gasteiger partial charge is 0.317 e. The quantitative estimate of drug-likeness (QED) is 0.863. The van der Waals surface area contributed by atoms with Crippen molar-refractivity contribution < 1.29 is 9.59 Å². The van der Waals surface area contributed by atoms with Crippen molar-refractivity contribution in [3.63, 3.8) is 0 Å². The lowest BCUT2D eigenvalue weighted by Gasteiger charge is -2.34. The van der Waals surface area contributed by atoms with Gasteiger partial charge in [-0.25, -0.2) is 4.79 Å². The van der Waals surface area contributed by atoms with Gasteiger partial charge < -0.3 is 20.1 Å². The maximum atomic E-state index is 12.7. The van der Waals surface area contributed by atoms with E-state index in [9.17, 15) is 14.4 Å². The fraction of sp³-hybridized carbons (Fsp3) is 0.353. The van der Waals surface area contributed by atoms with Crippen LogP contribution in [0.4, 0.5) is 4.79 Å². The van der Waals surface area contributed by atoms with Crippen LogP contribution < -0.4 is 10.9 Å². The van der Waals surface area contributed by atoms with E-state index < -0.39 is 0 Å². The molecule has 0 radical (unpaired) electrons. The number of amides is 3. The van der Waals surface area contributed by atoms with Crippen LogP contribution in [0.1, 0.15) is 17.3 Å². The first-order valence-corrected chi connectivity index (χ1v) is 8.04. The lowest BCUT2D eigenvalue weighted by molar-refractivity contribution is 0.0664. The molecule has 3 rings (SSSR count). The molecule has 2 N–H and O–H groups in total. The zero-order valence-electron chi connectivity index (χ0n) is 13.5. The zero-order chi connectivity index (χ0) is 17.1. The summed E-state index contributed by atoms with van der Waals surface area (Å²) >= 11 is 0. The summed E-state index contributed by atoms with van der Waals surface area (Å²) in [7, 11) is 0. The van der Waals surface area contributed by atoms with Gasteiger partial charge in [0, 0.05) is 38.2 Å². The average molecular weight is 328 g/mol. The SMILES string of the molecule is CCNC(=O)N1CCN(C(=O)c2cc3ccccc3[nH]c2=O)CC1. The van der Waals surface area contributed by atoms with E-state index in [1.165, 1.54) is 0 Å². The molecule has 0 saturated carbocycles. The molecule has 24 heavy (non-hydrogen) atoms. The summed E-state index contributed by atoms with van der Waals surface area (Å²) in [6.07, 6.45) is 0. The fourth-order valence-electron chi connectivity index (χ4n) is 2.85. The second kappa shape index (κ2) is 6.74. The molecular weight excluding hydrogens is 308 g/mol. The Morgan fingerprint density at radius 1 is 1.12 bits per heavy atom. The normalized spacial score (nSPS) is 14.7. The molecule has 2 aromatic rings. The number of H-pyrrole nitrogens is 1. The lowest BCUT2D eigenvalue weighted by atomic mass is 10.1. The summed E-state index contributed by atoms with van der Waals surface area (Å²) in [5.74, 6) is -0.294. The summed E-state index contributed by atoms with van der Waals surface area (Å²) in [5.41, 5.74) is 0.463. The van der Waals surface area contributed by atoms with Crippen molar-refractivity contribution in [3.05, 3.63) is 46.2 Å². The molecule has 1 aromatic carbocycles. The van der Waals surface area contributed by atoms with Gasteiger partial charge in [-0.05, 0) is 24.4 Å². The van der Waals surface area contributed by atoms with Crippen molar-refractivity contribution >= 4 is 22.8 Å². The van der Waals surface area contributed by atoms with Crippen LogP contribution in [-0.2, 0) is 0 Å². The molecule has 2 heterocycles. The largest absolute Gasteiger partial charge is 0.338 e. The van der Waals surface area contributed by atoms with Gasteiger partial charge in [0.05, 0.1) is 0 Å². The van der Waals surface area contributed by atoms with Gasteiger partial charge in [0.1, 0.15) is 5.56 Å². The minimum atomic E-state index is -0.384. The standard InChI is InChI=1S/C17H20N4O3/c1-2-18-17(24)21-9-7-20(8-10-21)16(23)13-11-12-5-3-4-6-14(12)19-15(13)22/h3-6,11H,2,7-10H2,1H3,(H,18,24)(H,19,22). The molecule has 3 amide bonds. The number of piperazine rings is 1. The van der Waals surface area contributed by atoms with Crippen LogP contribution in [0.5, 0.6) is 0 Å². The highest BCUT2D eigenvalue weighted by Crippen LogP contribution is 2.12. The number of urea groups is 1. The van der Waals surface area contributed by atoms with Crippen LogP contribution >= 0.6 is 0 Å². The van der Waals surface area contributed by atoms with Crippen molar-refractivity contribution in [2.75, 3.05) is 32.7 Å². The van der Waals surface area contributed by atoms with Gasteiger partial charge >= 0.3 is 6.03 Å². The molecule has 1 aliphatic rings. The highest BCUT2D eigenvalue weighted by Gasteiger charge is 2.26. The first-order valence-electron chi connectivity index (χ1n) is 8.04. The van der Waals surface area contributed by atoms with Gasteiger partial charge in [-0.2, -0.15) is 0 Å². The molecule has 0 bridgehead atoms. The summed E-state index contributed by atoms with van der Waals surface area (Å²) in [6, 6.07) is 8.87. The Bertz CT molecular complexity index is 822. The number of para-hydroxylation sites is 1. The number of nitrogens with one attached hydrogen (secondary N) is 2. The maximum absolute atomic E-state index is 12.7. The van der Waals surface area contributed by atoms with E-state index in [4.69, 9.17) is 0 Å². The Morgan fingerprint density at radius 2 is 1.79 bits per heavy atom. The number of fused-ring (bicyclic) bond motifs is 1. The number of hydrogen-bond donors (Lipinski definition) is 2. The lowest BCUT2D eigenvalue weighted by Crippen LogP contribution is -2.53. The van der Waals surface area contributed by atoms with Crippen LogP contribution in [0.15, 0.2) is 35.1 Å². The van der Waals surface area contributed by atoms with Crippen LogP contribution in [0.3, 0.4) is 0 Å². The molecular formula is C17H20N4O3. The van der Waals surface area contributed by atoms with Gasteiger partial charge in [-0.3, -0.25) is 9.59 Å². The molecule has 7 heteroatoms. The Balaban J connectivity index is 1.75. The van der Waals surface area contributed by atoms with Gasteiger partial charge in [0.2, 0.25) is 0 Å². The number of nitrogens with zero attached hydrogens (tertiary/aromatic N) is 2. The van der Waals surface area contributed by atoms with E-state index in [1.807, 2.05) is 25.1 Å². The fourth-order valence-corrected chi connectivity index (χ4v) is 2.85. The van der Waals surface area contributed by atoms with Crippen LogP contribution in [-0.4, -0.2) is 59.4 Å². The average Bonchev–Trinajstić information content (AvgIpc) is 2.61. The molecule has 7 nitrogen and oxygen atoms in total. The maximum Gasteiger partial charge on any atom is 0.317 e. The topological polar surface area (TPSA) is 85.5 Å². The summed E-state index contributed by atoms with van der Waals surface area (Å²) in [4.78, 5) is 42.7. The molecule has 126 valence electrons. The van der Waals surface area contributed by atoms with E-state index in [1.54, 1.807) is 21.9 Å². The molecule has 1 fully saturated rings. The highest BCUT2D eigenvalue weighted by atomic mass is 16.2. The van der Waals surface area contributed by atoms with Gasteiger partial charge in [0.15, 0.2) is 0 Å². The van der Waals surface area contributed by atoms with E-state index in [0.717, 1.165) is 5.39 Å². The van der Waals surface area contributed by atoms with E-state index >= 15 is 0 Å². The third-order valence-corrected chi connectivity index (χ3v) is 4.17. The molecule has 1 aromatic heterocycles. The second-order valence-corrected chi connectivity index (χ2v) is 5.71. The number of carbonyl (C=O) groups excluding carboxylic acids is 2. The number of aromatic amines is 1. The Kier molecular flexibility index (Phi) is 4.50. The molecule has 1 saturated heterocycles. The zero-order valence-corrected chi connectivity index (χ0v) is 13.5. The van der Waals surface area contributed by atoms with Crippen molar-refractivity contribution in [1.82, 2.24) is 20.1 Å². The van der Waals surface area contributed by atoms with E-state index in [2.05, 4.69) is 10.3 Å². The first kappa shape index (κ1) is 16.0. The molecule has 0 atom stereocenters. The highest BCUT2D eigenvalue weighted by molar-refractivity contribution is 5.97.